The molecule has 0 aromatic heterocycles. The van der Waals surface area contributed by atoms with Crippen molar-refractivity contribution in [2.24, 2.45) is 11.3 Å². The fourth-order valence-corrected chi connectivity index (χ4v) is 2.07. The maximum atomic E-state index is 12.2. The van der Waals surface area contributed by atoms with Gasteiger partial charge in [0.2, 0.25) is 5.91 Å². The van der Waals surface area contributed by atoms with Gasteiger partial charge in [0.05, 0.1) is 0 Å². The number of carbonyl (C=O) groups excluding carboxylic acids is 1. The lowest BCUT2D eigenvalue weighted by atomic mass is 9.80. The standard InChI is InChI=1S/C16H23NO3/c1-10(2)11-7-6-8-12(9-11)17-14(18)13(15(19)20)16(3,4)5/h6-10,13H,1-5H3,(H,17,18)(H,19,20). The molecular weight excluding hydrogens is 254 g/mol. The molecule has 4 heteroatoms. The lowest BCUT2D eigenvalue weighted by Gasteiger charge is -2.26. The van der Waals surface area contributed by atoms with Gasteiger partial charge in [-0.1, -0.05) is 46.8 Å². The van der Waals surface area contributed by atoms with E-state index in [0.29, 0.717) is 11.6 Å². The highest BCUT2D eigenvalue weighted by molar-refractivity contribution is 6.04. The van der Waals surface area contributed by atoms with Crippen LogP contribution in [0.3, 0.4) is 0 Å². The molecule has 0 saturated carbocycles. The minimum atomic E-state index is -1.10. The number of carboxylic acid groups (broad SMARTS) is 1. The summed E-state index contributed by atoms with van der Waals surface area (Å²) in [5, 5.41) is 11.9. The molecule has 1 aromatic rings. The number of nitrogens with one attached hydrogen (secondary N) is 1. The number of hydrogen-bond donors (Lipinski definition) is 2. The fraction of sp³-hybridized carbons (Fsp3) is 0.500. The summed E-state index contributed by atoms with van der Waals surface area (Å²) in [4.78, 5) is 23.5. The zero-order valence-electron chi connectivity index (χ0n) is 12.7. The molecule has 0 fully saturated rings. The van der Waals surface area contributed by atoms with E-state index in [-0.39, 0.29) is 0 Å². The molecule has 1 unspecified atom stereocenters. The van der Waals surface area contributed by atoms with Crippen molar-refractivity contribution in [2.45, 2.75) is 40.5 Å². The third-order valence-electron chi connectivity index (χ3n) is 3.20. The molecule has 1 aromatic carbocycles. The summed E-state index contributed by atoms with van der Waals surface area (Å²) in [5.74, 6) is -2.31. The smallest absolute Gasteiger partial charge is 0.316 e. The molecule has 0 aliphatic rings. The number of carboxylic acids is 1. The van der Waals surface area contributed by atoms with Gasteiger partial charge < -0.3 is 10.4 Å². The van der Waals surface area contributed by atoms with Crippen molar-refractivity contribution in [3.05, 3.63) is 29.8 Å². The van der Waals surface area contributed by atoms with Gasteiger partial charge in [0.1, 0.15) is 5.92 Å². The molecule has 0 spiro atoms. The van der Waals surface area contributed by atoms with Gasteiger partial charge >= 0.3 is 5.97 Å². The van der Waals surface area contributed by atoms with Crippen molar-refractivity contribution in [1.82, 2.24) is 0 Å². The Morgan fingerprint density at radius 3 is 2.25 bits per heavy atom. The number of anilines is 1. The molecular formula is C16H23NO3. The van der Waals surface area contributed by atoms with Gasteiger partial charge in [-0.2, -0.15) is 0 Å². The number of rotatable bonds is 4. The van der Waals surface area contributed by atoms with Crippen LogP contribution in [-0.2, 0) is 9.59 Å². The second kappa shape index (κ2) is 6.07. The van der Waals surface area contributed by atoms with E-state index in [9.17, 15) is 14.7 Å². The maximum Gasteiger partial charge on any atom is 0.316 e. The van der Waals surface area contributed by atoms with Crippen LogP contribution >= 0.6 is 0 Å². The quantitative estimate of drug-likeness (QED) is 0.828. The average Bonchev–Trinajstić information content (AvgIpc) is 2.26. The van der Waals surface area contributed by atoms with Crippen LogP contribution in [0.4, 0.5) is 5.69 Å². The molecule has 0 radical (unpaired) electrons. The first-order valence-corrected chi connectivity index (χ1v) is 6.76. The summed E-state index contributed by atoms with van der Waals surface area (Å²) in [6.07, 6.45) is 0. The van der Waals surface area contributed by atoms with E-state index < -0.39 is 23.2 Å². The summed E-state index contributed by atoms with van der Waals surface area (Å²) < 4.78 is 0. The van der Waals surface area contributed by atoms with Crippen LogP contribution in [0.2, 0.25) is 0 Å². The number of hydrogen-bond acceptors (Lipinski definition) is 2. The number of aliphatic carboxylic acids is 1. The van der Waals surface area contributed by atoms with Gasteiger partial charge in [0.25, 0.3) is 0 Å². The van der Waals surface area contributed by atoms with Gasteiger partial charge in [-0.25, -0.2) is 0 Å². The molecule has 20 heavy (non-hydrogen) atoms. The van der Waals surface area contributed by atoms with Crippen LogP contribution < -0.4 is 5.32 Å². The van der Waals surface area contributed by atoms with Crippen molar-refractivity contribution >= 4 is 17.6 Å². The SMILES string of the molecule is CC(C)c1cccc(NC(=O)C(C(=O)O)C(C)(C)C)c1. The monoisotopic (exact) mass is 277 g/mol. The van der Waals surface area contributed by atoms with Crippen molar-refractivity contribution < 1.29 is 14.7 Å². The average molecular weight is 277 g/mol. The highest BCUT2D eigenvalue weighted by Gasteiger charge is 2.37. The normalized spacial score (nSPS) is 13.1. The van der Waals surface area contributed by atoms with E-state index in [1.54, 1.807) is 26.8 Å². The molecule has 1 amide bonds. The van der Waals surface area contributed by atoms with Crippen molar-refractivity contribution in [1.29, 1.82) is 0 Å². The Balaban J connectivity index is 2.94. The predicted molar refractivity (Wildman–Crippen MR) is 79.7 cm³/mol. The molecule has 2 N–H and O–H groups in total. The molecule has 4 nitrogen and oxygen atoms in total. The number of carbonyl (C=O) groups is 2. The Morgan fingerprint density at radius 2 is 1.80 bits per heavy atom. The Labute approximate surface area is 120 Å². The van der Waals surface area contributed by atoms with Crippen LogP contribution in [0.1, 0.15) is 46.1 Å². The topological polar surface area (TPSA) is 66.4 Å². The largest absolute Gasteiger partial charge is 0.481 e. The molecule has 0 bridgehead atoms. The third kappa shape index (κ3) is 4.08. The summed E-state index contributed by atoms with van der Waals surface area (Å²) in [6.45, 7) is 9.37. The third-order valence-corrected chi connectivity index (χ3v) is 3.20. The number of benzene rings is 1. The van der Waals surface area contributed by atoms with E-state index in [4.69, 9.17) is 0 Å². The highest BCUT2D eigenvalue weighted by Crippen LogP contribution is 2.28. The minimum Gasteiger partial charge on any atom is -0.481 e. The highest BCUT2D eigenvalue weighted by atomic mass is 16.4. The van der Waals surface area contributed by atoms with Crippen molar-refractivity contribution in [2.75, 3.05) is 5.32 Å². The van der Waals surface area contributed by atoms with Crippen LogP contribution in [0.5, 0.6) is 0 Å². The van der Waals surface area contributed by atoms with Gasteiger partial charge in [-0.3, -0.25) is 9.59 Å². The molecule has 0 saturated heterocycles. The molecule has 0 aliphatic heterocycles. The van der Waals surface area contributed by atoms with E-state index in [0.717, 1.165) is 5.56 Å². The Morgan fingerprint density at radius 1 is 1.20 bits per heavy atom. The molecule has 1 atom stereocenters. The minimum absolute atomic E-state index is 0.352. The first-order chi connectivity index (χ1) is 9.12. The summed E-state index contributed by atoms with van der Waals surface area (Å²) in [6, 6.07) is 7.49. The van der Waals surface area contributed by atoms with Crippen LogP contribution in [0.25, 0.3) is 0 Å². The zero-order chi connectivity index (χ0) is 15.5. The molecule has 1 rings (SSSR count). The predicted octanol–water partition coefficient (Wildman–Crippen LogP) is 3.50. The van der Waals surface area contributed by atoms with Crippen molar-refractivity contribution in [3.63, 3.8) is 0 Å². The van der Waals surface area contributed by atoms with Gasteiger partial charge in [-0.15, -0.1) is 0 Å². The van der Waals surface area contributed by atoms with Crippen LogP contribution in [-0.4, -0.2) is 17.0 Å². The molecule has 0 aliphatic carbocycles. The Bertz CT molecular complexity index is 501. The van der Waals surface area contributed by atoms with E-state index in [2.05, 4.69) is 19.2 Å². The second-order valence-electron chi connectivity index (χ2n) is 6.41. The van der Waals surface area contributed by atoms with Crippen LogP contribution in [0, 0.1) is 11.3 Å². The summed E-state index contributed by atoms with van der Waals surface area (Å²) in [5.41, 5.74) is 1.10. The first kappa shape index (κ1) is 16.2. The maximum absolute atomic E-state index is 12.2. The molecule has 110 valence electrons. The fourth-order valence-electron chi connectivity index (χ4n) is 2.07. The van der Waals surface area contributed by atoms with E-state index >= 15 is 0 Å². The summed E-state index contributed by atoms with van der Waals surface area (Å²) >= 11 is 0. The van der Waals surface area contributed by atoms with Crippen molar-refractivity contribution in [3.8, 4) is 0 Å². The number of amides is 1. The zero-order valence-corrected chi connectivity index (χ0v) is 12.7. The Kier molecular flexibility index (Phi) is 4.93. The van der Waals surface area contributed by atoms with E-state index in [1.807, 2.05) is 18.2 Å². The lowest BCUT2D eigenvalue weighted by molar-refractivity contribution is -0.149. The second-order valence-corrected chi connectivity index (χ2v) is 6.41. The van der Waals surface area contributed by atoms with Gasteiger partial charge in [-0.05, 0) is 29.0 Å². The molecule has 0 heterocycles. The van der Waals surface area contributed by atoms with Gasteiger partial charge in [0.15, 0.2) is 0 Å². The Hall–Kier alpha value is -1.84. The van der Waals surface area contributed by atoms with Crippen LogP contribution in [0.15, 0.2) is 24.3 Å². The first-order valence-electron chi connectivity index (χ1n) is 6.76. The van der Waals surface area contributed by atoms with E-state index in [1.165, 1.54) is 0 Å². The lowest BCUT2D eigenvalue weighted by Crippen LogP contribution is -2.39. The summed E-state index contributed by atoms with van der Waals surface area (Å²) in [7, 11) is 0. The van der Waals surface area contributed by atoms with Gasteiger partial charge in [0, 0.05) is 5.69 Å².